The molecular weight excluding hydrogens is 312 g/mol. The van der Waals surface area contributed by atoms with E-state index in [0.717, 1.165) is 19.4 Å². The van der Waals surface area contributed by atoms with Crippen LogP contribution in [0.25, 0.3) is 0 Å². The fourth-order valence-electron chi connectivity index (χ4n) is 3.23. The minimum absolute atomic E-state index is 0.0151. The maximum absolute atomic E-state index is 11.2. The monoisotopic (exact) mass is 334 g/mol. The Kier molecular flexibility index (Phi) is 4.66. The average molecular weight is 334 g/mol. The summed E-state index contributed by atoms with van der Waals surface area (Å²) >= 11 is 0. The van der Waals surface area contributed by atoms with E-state index in [0.29, 0.717) is 17.3 Å². The van der Waals surface area contributed by atoms with Crippen molar-refractivity contribution in [1.82, 2.24) is 9.88 Å². The van der Waals surface area contributed by atoms with Gasteiger partial charge in [-0.25, -0.2) is 4.98 Å². The Morgan fingerprint density at radius 2 is 2.21 bits per heavy atom. The molecule has 0 bridgehead atoms. The van der Waals surface area contributed by atoms with Gasteiger partial charge in [0.15, 0.2) is 0 Å². The molecule has 2 fully saturated rings. The molecule has 130 valence electrons. The number of pyridine rings is 1. The topological polar surface area (TPSA) is 109 Å². The quantitative estimate of drug-likeness (QED) is 0.553. The van der Waals surface area contributed by atoms with Crippen LogP contribution in [0.4, 0.5) is 11.5 Å². The van der Waals surface area contributed by atoms with Gasteiger partial charge in [-0.2, -0.15) is 0 Å². The molecule has 2 saturated carbocycles. The Balaban J connectivity index is 1.59. The highest BCUT2D eigenvalue weighted by Crippen LogP contribution is 2.35. The summed E-state index contributed by atoms with van der Waals surface area (Å²) in [5.41, 5.74) is 0.593. The highest BCUT2D eigenvalue weighted by Gasteiger charge is 2.38. The molecule has 1 heterocycles. The number of hydrogen-bond acceptors (Lipinski definition) is 6. The van der Waals surface area contributed by atoms with Gasteiger partial charge in [0.05, 0.1) is 11.5 Å². The summed E-state index contributed by atoms with van der Waals surface area (Å²) in [5.74, 6) is 0.134. The predicted octanol–water partition coefficient (Wildman–Crippen LogP) is 2.04. The first-order valence-corrected chi connectivity index (χ1v) is 8.26. The number of nitrogens with zero attached hydrogens (tertiary/aromatic N) is 3. The Morgan fingerprint density at radius 3 is 2.79 bits per heavy atom. The predicted molar refractivity (Wildman–Crippen MR) is 88.0 cm³/mol. The number of carbonyl (C=O) groups is 1. The van der Waals surface area contributed by atoms with E-state index in [1.807, 2.05) is 4.90 Å². The Labute approximate surface area is 140 Å². The number of nitro groups is 1. The van der Waals surface area contributed by atoms with Crippen LogP contribution in [0.1, 0.15) is 31.2 Å². The van der Waals surface area contributed by atoms with E-state index in [-0.39, 0.29) is 24.3 Å². The number of carboxylic acids is 1. The standard InChI is InChI=1S/C16H22N4O4/c1-10-4-5-17-16(15(10)20(23)24)18-12-6-13(7-12)19(9-14(21)22)8-11-2-3-11/h4-5,11-13H,2-3,6-9H2,1H3,(H,17,18)(H,21,22). The zero-order valence-corrected chi connectivity index (χ0v) is 13.6. The molecule has 1 aromatic rings. The van der Waals surface area contributed by atoms with Crippen LogP contribution < -0.4 is 5.32 Å². The maximum atomic E-state index is 11.2. The second-order valence-corrected chi connectivity index (χ2v) is 6.82. The second kappa shape index (κ2) is 6.72. The first-order chi connectivity index (χ1) is 11.4. The smallest absolute Gasteiger partial charge is 0.317 e. The van der Waals surface area contributed by atoms with E-state index in [1.54, 1.807) is 19.2 Å². The molecule has 24 heavy (non-hydrogen) atoms. The molecule has 0 atom stereocenters. The van der Waals surface area contributed by atoms with Gasteiger partial charge in [-0.15, -0.1) is 0 Å². The van der Waals surface area contributed by atoms with Gasteiger partial charge in [0.2, 0.25) is 5.82 Å². The van der Waals surface area contributed by atoms with Crippen LogP contribution in [0.2, 0.25) is 0 Å². The van der Waals surface area contributed by atoms with E-state index >= 15 is 0 Å². The van der Waals surface area contributed by atoms with Crippen LogP contribution in [-0.4, -0.2) is 51.1 Å². The molecule has 2 aliphatic rings. The summed E-state index contributed by atoms with van der Waals surface area (Å²) < 4.78 is 0. The third kappa shape index (κ3) is 3.81. The average Bonchev–Trinajstić information content (AvgIpc) is 3.24. The number of nitrogens with one attached hydrogen (secondary N) is 1. The van der Waals surface area contributed by atoms with Crippen molar-refractivity contribution in [2.24, 2.45) is 5.92 Å². The van der Waals surface area contributed by atoms with Gasteiger partial charge in [-0.05, 0) is 44.6 Å². The van der Waals surface area contributed by atoms with Crippen molar-refractivity contribution in [3.63, 3.8) is 0 Å². The van der Waals surface area contributed by atoms with Crippen molar-refractivity contribution < 1.29 is 14.8 Å². The minimum atomic E-state index is -0.803. The van der Waals surface area contributed by atoms with Crippen molar-refractivity contribution in [3.05, 3.63) is 27.9 Å². The lowest BCUT2D eigenvalue weighted by Gasteiger charge is -2.42. The summed E-state index contributed by atoms with van der Waals surface area (Å²) in [6.07, 6.45) is 5.50. The van der Waals surface area contributed by atoms with Crippen LogP contribution in [0.3, 0.4) is 0 Å². The van der Waals surface area contributed by atoms with E-state index < -0.39 is 10.9 Å². The second-order valence-electron chi connectivity index (χ2n) is 6.82. The molecule has 8 heteroatoms. The van der Waals surface area contributed by atoms with Gasteiger partial charge in [0, 0.05) is 30.4 Å². The molecular formula is C16H22N4O4. The molecule has 0 radical (unpaired) electrons. The highest BCUT2D eigenvalue weighted by molar-refractivity contribution is 5.69. The van der Waals surface area contributed by atoms with Crippen molar-refractivity contribution in [3.8, 4) is 0 Å². The minimum Gasteiger partial charge on any atom is -0.480 e. The van der Waals surface area contributed by atoms with Crippen molar-refractivity contribution in [2.45, 2.75) is 44.7 Å². The Morgan fingerprint density at radius 1 is 1.50 bits per heavy atom. The third-order valence-electron chi connectivity index (χ3n) is 4.81. The largest absolute Gasteiger partial charge is 0.480 e. The van der Waals surface area contributed by atoms with Gasteiger partial charge < -0.3 is 10.4 Å². The van der Waals surface area contributed by atoms with Crippen LogP contribution in [0.5, 0.6) is 0 Å². The molecule has 0 aliphatic heterocycles. The van der Waals surface area contributed by atoms with Crippen LogP contribution in [0, 0.1) is 23.0 Å². The van der Waals surface area contributed by atoms with E-state index in [2.05, 4.69) is 10.3 Å². The van der Waals surface area contributed by atoms with Crippen molar-refractivity contribution in [2.75, 3.05) is 18.4 Å². The van der Waals surface area contributed by atoms with Gasteiger partial charge in [-0.1, -0.05) is 0 Å². The van der Waals surface area contributed by atoms with E-state index in [1.165, 1.54) is 12.8 Å². The number of carboxylic acid groups (broad SMARTS) is 1. The number of aromatic nitrogens is 1. The molecule has 0 unspecified atom stereocenters. The third-order valence-corrected chi connectivity index (χ3v) is 4.81. The summed E-state index contributed by atoms with van der Waals surface area (Å²) in [7, 11) is 0. The zero-order valence-electron chi connectivity index (χ0n) is 13.6. The van der Waals surface area contributed by atoms with Gasteiger partial charge in [0.1, 0.15) is 0 Å². The summed E-state index contributed by atoms with van der Waals surface area (Å²) in [6, 6.07) is 1.94. The summed E-state index contributed by atoms with van der Waals surface area (Å²) in [5, 5.41) is 23.4. The SMILES string of the molecule is Cc1ccnc(NC2CC(N(CC(=O)O)CC3CC3)C2)c1[N+](=O)[O-]. The van der Waals surface area contributed by atoms with Crippen molar-refractivity contribution >= 4 is 17.5 Å². The molecule has 2 N–H and O–H groups in total. The molecule has 3 rings (SSSR count). The highest BCUT2D eigenvalue weighted by atomic mass is 16.6. The summed E-state index contributed by atoms with van der Waals surface area (Å²) in [4.78, 5) is 28.0. The van der Waals surface area contributed by atoms with Crippen molar-refractivity contribution in [1.29, 1.82) is 0 Å². The van der Waals surface area contributed by atoms with Gasteiger partial charge in [-0.3, -0.25) is 19.8 Å². The molecule has 1 aromatic heterocycles. The first kappa shape index (κ1) is 16.6. The lowest BCUT2D eigenvalue weighted by molar-refractivity contribution is -0.384. The fraction of sp³-hybridized carbons (Fsp3) is 0.625. The van der Waals surface area contributed by atoms with E-state index in [9.17, 15) is 14.9 Å². The number of anilines is 1. The van der Waals surface area contributed by atoms with Crippen LogP contribution >= 0.6 is 0 Å². The Bertz CT molecular complexity index is 641. The van der Waals surface area contributed by atoms with Gasteiger partial charge >= 0.3 is 11.7 Å². The number of aryl methyl sites for hydroxylation is 1. The lowest BCUT2D eigenvalue weighted by atomic mass is 9.85. The normalized spacial score (nSPS) is 22.9. The molecule has 8 nitrogen and oxygen atoms in total. The molecule has 0 amide bonds. The molecule has 0 spiro atoms. The maximum Gasteiger partial charge on any atom is 0.317 e. The van der Waals surface area contributed by atoms with Crippen LogP contribution in [-0.2, 0) is 4.79 Å². The Hall–Kier alpha value is -2.22. The zero-order chi connectivity index (χ0) is 17.3. The molecule has 2 aliphatic carbocycles. The fourth-order valence-corrected chi connectivity index (χ4v) is 3.23. The lowest BCUT2D eigenvalue weighted by Crippen LogP contribution is -2.52. The number of aliphatic carboxylic acids is 1. The first-order valence-electron chi connectivity index (χ1n) is 8.26. The van der Waals surface area contributed by atoms with E-state index in [4.69, 9.17) is 5.11 Å². The summed E-state index contributed by atoms with van der Waals surface area (Å²) in [6.45, 7) is 2.60. The van der Waals surface area contributed by atoms with Crippen LogP contribution in [0.15, 0.2) is 12.3 Å². The molecule has 0 aromatic carbocycles. The molecule has 0 saturated heterocycles. The van der Waals surface area contributed by atoms with Gasteiger partial charge in [0.25, 0.3) is 0 Å². The number of hydrogen-bond donors (Lipinski definition) is 2. The number of rotatable bonds is 8.